The summed E-state index contributed by atoms with van der Waals surface area (Å²) in [5.41, 5.74) is 4.26. The molecule has 2 rings (SSSR count). The summed E-state index contributed by atoms with van der Waals surface area (Å²) in [4.78, 5) is 22.7. The van der Waals surface area contributed by atoms with Crippen molar-refractivity contribution in [2.75, 3.05) is 11.1 Å². The number of hydrogen-bond acceptors (Lipinski definition) is 3. The Bertz CT molecular complexity index is 730. The Labute approximate surface area is 152 Å². The highest BCUT2D eigenvalue weighted by Crippen LogP contribution is 2.18. The van der Waals surface area contributed by atoms with Gasteiger partial charge in [-0.25, -0.2) is 0 Å². The third-order valence-electron chi connectivity index (χ3n) is 3.82. The summed E-state index contributed by atoms with van der Waals surface area (Å²) in [7, 11) is 0. The zero-order valence-corrected chi connectivity index (χ0v) is 15.1. The van der Waals surface area contributed by atoms with Gasteiger partial charge >= 0.3 is 5.97 Å². The molecule has 0 heterocycles. The van der Waals surface area contributed by atoms with Crippen LogP contribution in [0.5, 0.6) is 0 Å². The van der Waals surface area contributed by atoms with E-state index in [1.54, 1.807) is 11.8 Å². The largest absolute Gasteiger partial charge is 0.481 e. The molecule has 0 saturated heterocycles. The fourth-order valence-corrected chi connectivity index (χ4v) is 3.33. The molecule has 0 fully saturated rings. The van der Waals surface area contributed by atoms with E-state index < -0.39 is 5.97 Å². The van der Waals surface area contributed by atoms with E-state index >= 15 is 0 Å². The number of aryl methyl sites for hydroxylation is 2. The van der Waals surface area contributed by atoms with Gasteiger partial charge in [-0.2, -0.15) is 11.8 Å². The van der Waals surface area contributed by atoms with Gasteiger partial charge in [0.05, 0.1) is 6.42 Å². The predicted molar refractivity (Wildman–Crippen MR) is 103 cm³/mol. The third kappa shape index (κ3) is 7.01. The number of carboxylic acids is 1. The molecule has 0 aromatic heterocycles. The number of nitrogens with one attached hydrogen (secondary N) is 1. The Balaban J connectivity index is 1.81. The summed E-state index contributed by atoms with van der Waals surface area (Å²) in [6, 6.07) is 15.8. The van der Waals surface area contributed by atoms with Crippen molar-refractivity contribution in [3.8, 4) is 0 Å². The zero-order chi connectivity index (χ0) is 18.1. The van der Waals surface area contributed by atoms with Crippen molar-refractivity contribution in [3.63, 3.8) is 0 Å². The molecule has 132 valence electrons. The first-order valence-corrected chi connectivity index (χ1v) is 9.43. The Morgan fingerprint density at radius 3 is 2.64 bits per heavy atom. The summed E-state index contributed by atoms with van der Waals surface area (Å²) in [6.45, 7) is 2.05. The fraction of sp³-hybridized carbons (Fsp3) is 0.300. The van der Waals surface area contributed by atoms with Crippen LogP contribution in [0.15, 0.2) is 48.5 Å². The van der Waals surface area contributed by atoms with Crippen LogP contribution in [-0.4, -0.2) is 22.7 Å². The van der Waals surface area contributed by atoms with Crippen molar-refractivity contribution in [2.24, 2.45) is 0 Å². The van der Waals surface area contributed by atoms with E-state index in [1.807, 2.05) is 36.4 Å². The lowest BCUT2D eigenvalue weighted by molar-refractivity contribution is -0.136. The number of anilines is 1. The van der Waals surface area contributed by atoms with Crippen LogP contribution in [-0.2, 0) is 21.8 Å². The maximum absolute atomic E-state index is 12.2. The van der Waals surface area contributed by atoms with Crippen molar-refractivity contribution in [3.05, 3.63) is 65.2 Å². The quantitative estimate of drug-likeness (QED) is 0.658. The monoisotopic (exact) mass is 357 g/mol. The van der Waals surface area contributed by atoms with Gasteiger partial charge in [0, 0.05) is 23.6 Å². The van der Waals surface area contributed by atoms with Crippen LogP contribution in [0.1, 0.15) is 29.5 Å². The molecule has 0 unspecified atom stereocenters. The van der Waals surface area contributed by atoms with Gasteiger partial charge in [0.15, 0.2) is 0 Å². The second-order valence-electron chi connectivity index (χ2n) is 5.87. The van der Waals surface area contributed by atoms with Crippen LogP contribution in [0.4, 0.5) is 5.69 Å². The topological polar surface area (TPSA) is 66.4 Å². The van der Waals surface area contributed by atoms with E-state index in [9.17, 15) is 9.59 Å². The van der Waals surface area contributed by atoms with Gasteiger partial charge in [-0.15, -0.1) is 0 Å². The van der Waals surface area contributed by atoms with Crippen molar-refractivity contribution in [1.29, 1.82) is 0 Å². The Morgan fingerprint density at radius 1 is 1.08 bits per heavy atom. The molecule has 0 radical (unpaired) electrons. The molecule has 5 heteroatoms. The molecular weight excluding hydrogens is 334 g/mol. The third-order valence-corrected chi connectivity index (χ3v) is 4.85. The van der Waals surface area contributed by atoms with Gasteiger partial charge in [-0.3, -0.25) is 9.59 Å². The van der Waals surface area contributed by atoms with Crippen LogP contribution < -0.4 is 5.32 Å². The van der Waals surface area contributed by atoms with E-state index in [1.165, 1.54) is 11.1 Å². The lowest BCUT2D eigenvalue weighted by Crippen LogP contribution is -2.12. The molecular formula is C20H23NO3S. The normalized spacial score (nSPS) is 10.4. The first kappa shape index (κ1) is 19.1. The van der Waals surface area contributed by atoms with E-state index in [2.05, 4.69) is 24.4 Å². The molecule has 2 N–H and O–H groups in total. The van der Waals surface area contributed by atoms with Gasteiger partial charge in [0.1, 0.15) is 0 Å². The Kier molecular flexibility index (Phi) is 7.54. The number of thioether (sulfide) groups is 1. The maximum Gasteiger partial charge on any atom is 0.304 e. The average molecular weight is 357 g/mol. The van der Waals surface area contributed by atoms with Crippen molar-refractivity contribution < 1.29 is 14.7 Å². The molecule has 0 bridgehead atoms. The molecule has 2 aromatic carbocycles. The second-order valence-corrected chi connectivity index (χ2v) is 6.98. The minimum Gasteiger partial charge on any atom is -0.481 e. The number of carboxylic acid groups (broad SMARTS) is 1. The van der Waals surface area contributed by atoms with Gasteiger partial charge in [0.2, 0.25) is 5.91 Å². The highest BCUT2D eigenvalue weighted by Gasteiger charge is 2.06. The van der Waals surface area contributed by atoms with Crippen LogP contribution in [0.3, 0.4) is 0 Å². The first-order valence-electron chi connectivity index (χ1n) is 8.27. The SMILES string of the molecule is Cc1ccccc1CCC(=O)Nc1cccc(CSCCC(=O)O)c1. The van der Waals surface area contributed by atoms with Crippen LogP contribution in [0.2, 0.25) is 0 Å². The molecule has 0 aliphatic carbocycles. The Morgan fingerprint density at radius 2 is 1.88 bits per heavy atom. The summed E-state index contributed by atoms with van der Waals surface area (Å²) in [6.07, 6.45) is 1.34. The van der Waals surface area contributed by atoms with Crippen LogP contribution in [0.25, 0.3) is 0 Å². The molecule has 0 aliphatic rings. The summed E-state index contributed by atoms with van der Waals surface area (Å²) in [5, 5.41) is 11.6. The number of aliphatic carboxylic acids is 1. The van der Waals surface area contributed by atoms with Crippen LogP contribution >= 0.6 is 11.8 Å². The Hall–Kier alpha value is -2.27. The number of hydrogen-bond donors (Lipinski definition) is 2. The van der Waals surface area contributed by atoms with E-state index in [0.29, 0.717) is 12.2 Å². The van der Waals surface area contributed by atoms with E-state index in [0.717, 1.165) is 23.4 Å². The lowest BCUT2D eigenvalue weighted by atomic mass is 10.0. The standard InChI is InChI=1S/C20H23NO3S/c1-15-5-2-3-7-17(15)9-10-19(22)21-18-8-4-6-16(13-18)14-25-12-11-20(23)24/h2-8,13H,9-12,14H2,1H3,(H,21,22)(H,23,24). The van der Waals surface area contributed by atoms with Gasteiger partial charge in [-0.05, 0) is 42.2 Å². The lowest BCUT2D eigenvalue weighted by Gasteiger charge is -2.08. The fourth-order valence-electron chi connectivity index (χ4n) is 2.45. The van der Waals surface area contributed by atoms with Crippen molar-refractivity contribution in [2.45, 2.75) is 31.9 Å². The molecule has 2 aromatic rings. The highest BCUT2D eigenvalue weighted by molar-refractivity contribution is 7.98. The number of rotatable bonds is 9. The first-order chi connectivity index (χ1) is 12.0. The molecule has 0 spiro atoms. The minimum absolute atomic E-state index is 0.000988. The zero-order valence-electron chi connectivity index (χ0n) is 14.3. The number of amides is 1. The summed E-state index contributed by atoms with van der Waals surface area (Å²) in [5.74, 6) is 0.545. The van der Waals surface area contributed by atoms with Gasteiger partial charge in [-0.1, -0.05) is 36.4 Å². The molecule has 0 atom stereocenters. The minimum atomic E-state index is -0.776. The second kappa shape index (κ2) is 9.89. The molecule has 4 nitrogen and oxygen atoms in total. The van der Waals surface area contributed by atoms with E-state index in [4.69, 9.17) is 5.11 Å². The molecule has 25 heavy (non-hydrogen) atoms. The summed E-state index contributed by atoms with van der Waals surface area (Å²) >= 11 is 1.58. The number of benzene rings is 2. The smallest absolute Gasteiger partial charge is 0.304 e. The molecule has 1 amide bonds. The van der Waals surface area contributed by atoms with Gasteiger partial charge < -0.3 is 10.4 Å². The maximum atomic E-state index is 12.2. The average Bonchev–Trinajstić information content (AvgIpc) is 2.58. The highest BCUT2D eigenvalue weighted by atomic mass is 32.2. The number of carbonyl (C=O) groups excluding carboxylic acids is 1. The van der Waals surface area contributed by atoms with E-state index in [-0.39, 0.29) is 12.3 Å². The van der Waals surface area contributed by atoms with Gasteiger partial charge in [0.25, 0.3) is 0 Å². The molecule has 0 aliphatic heterocycles. The van der Waals surface area contributed by atoms with Crippen LogP contribution in [0, 0.1) is 6.92 Å². The summed E-state index contributed by atoms with van der Waals surface area (Å²) < 4.78 is 0. The molecule has 0 saturated carbocycles. The predicted octanol–water partition coefficient (Wildman–Crippen LogP) is 4.27. The van der Waals surface area contributed by atoms with Crippen molar-refractivity contribution in [1.82, 2.24) is 0 Å². The van der Waals surface area contributed by atoms with Crippen molar-refractivity contribution >= 4 is 29.3 Å². The number of carbonyl (C=O) groups is 2.